The minimum absolute atomic E-state index is 0.0260. The highest BCUT2D eigenvalue weighted by atomic mass is 32.2. The Morgan fingerprint density at radius 3 is 2.73 bits per heavy atom. The number of hydrogen-bond donors (Lipinski definition) is 0. The van der Waals surface area contributed by atoms with Gasteiger partial charge in [-0.3, -0.25) is 4.79 Å². The topological polar surface area (TPSA) is 87.5 Å². The van der Waals surface area contributed by atoms with Crippen LogP contribution in [0.15, 0.2) is 12.1 Å². The normalized spacial score (nSPS) is 25.9. The zero-order chi connectivity index (χ0) is 16.1. The molecule has 0 N–H and O–H groups in total. The Labute approximate surface area is 127 Å². The number of fused-ring (bicyclic) bond motifs is 1. The third-order valence-corrected chi connectivity index (χ3v) is 5.83. The van der Waals surface area contributed by atoms with Gasteiger partial charge in [-0.1, -0.05) is 0 Å². The van der Waals surface area contributed by atoms with Crippen molar-refractivity contribution in [1.82, 2.24) is 4.90 Å². The average Bonchev–Trinajstić information content (AvgIpc) is 2.95. The van der Waals surface area contributed by atoms with Gasteiger partial charge in [-0.25, -0.2) is 12.8 Å². The maximum Gasteiger partial charge on any atom is 0.258 e. The number of sulfone groups is 1. The first-order chi connectivity index (χ1) is 10.4. The predicted octanol–water partition coefficient (Wildman–Crippen LogP) is 1.04. The van der Waals surface area contributed by atoms with Crippen LogP contribution < -0.4 is 4.74 Å². The zero-order valence-corrected chi connectivity index (χ0v) is 12.6. The van der Waals surface area contributed by atoms with Crippen molar-refractivity contribution in [2.24, 2.45) is 0 Å². The summed E-state index contributed by atoms with van der Waals surface area (Å²) in [7, 11) is -1.86. The van der Waals surface area contributed by atoms with Gasteiger partial charge in [0.25, 0.3) is 5.91 Å². The molecule has 2 aliphatic rings. The number of benzene rings is 1. The summed E-state index contributed by atoms with van der Waals surface area (Å²) >= 11 is 0. The molecule has 2 atom stereocenters. The van der Waals surface area contributed by atoms with E-state index in [1.54, 1.807) is 0 Å². The monoisotopic (exact) mass is 324 g/mol. The first kappa shape index (κ1) is 14.8. The molecule has 2 unspecified atom stereocenters. The van der Waals surface area contributed by atoms with E-state index in [2.05, 4.69) is 0 Å². The second kappa shape index (κ2) is 4.95. The molecule has 2 aliphatic heterocycles. The van der Waals surface area contributed by atoms with Gasteiger partial charge in [0.05, 0.1) is 30.2 Å². The Hall–Kier alpha value is -2.14. The van der Waals surface area contributed by atoms with E-state index in [4.69, 9.17) is 4.74 Å². The highest BCUT2D eigenvalue weighted by molar-refractivity contribution is 7.91. The maximum absolute atomic E-state index is 14.2. The molecular formula is C14H13FN2O4S. The van der Waals surface area contributed by atoms with Crippen LogP contribution in [0.25, 0.3) is 0 Å². The third kappa shape index (κ3) is 2.13. The molecule has 1 saturated heterocycles. The highest BCUT2D eigenvalue weighted by Gasteiger charge is 2.46. The lowest BCUT2D eigenvalue weighted by Crippen LogP contribution is -2.38. The summed E-state index contributed by atoms with van der Waals surface area (Å²) in [5.41, 5.74) is 0.0605. The molecule has 0 bridgehead atoms. The number of nitrogens with zero attached hydrogens (tertiary/aromatic N) is 2. The molecule has 0 aliphatic carbocycles. The lowest BCUT2D eigenvalue weighted by Gasteiger charge is -2.26. The van der Waals surface area contributed by atoms with E-state index < -0.39 is 33.6 Å². The first-order valence-corrected chi connectivity index (χ1v) is 8.50. The summed E-state index contributed by atoms with van der Waals surface area (Å²) in [5.74, 6) is -1.40. The van der Waals surface area contributed by atoms with Crippen molar-refractivity contribution in [3.05, 3.63) is 29.1 Å². The van der Waals surface area contributed by atoms with Crippen LogP contribution in [0.3, 0.4) is 0 Å². The Morgan fingerprint density at radius 1 is 1.45 bits per heavy atom. The van der Waals surface area contributed by atoms with Crippen molar-refractivity contribution >= 4 is 15.7 Å². The minimum atomic E-state index is -3.22. The van der Waals surface area contributed by atoms with Gasteiger partial charge >= 0.3 is 0 Å². The summed E-state index contributed by atoms with van der Waals surface area (Å²) in [6, 6.07) is 2.91. The molecule has 2 heterocycles. The number of carbonyl (C=O) groups excluding carboxylic acids is 1. The molecule has 3 rings (SSSR count). The number of ether oxygens (including phenoxy) is 1. The lowest BCUT2D eigenvalue weighted by atomic mass is 10.0. The van der Waals surface area contributed by atoms with E-state index in [1.165, 1.54) is 18.1 Å². The number of rotatable bonds is 2. The fourth-order valence-corrected chi connectivity index (χ4v) is 4.77. The molecule has 1 amide bonds. The third-order valence-electron chi connectivity index (χ3n) is 4.08. The van der Waals surface area contributed by atoms with Crippen LogP contribution in [0.2, 0.25) is 0 Å². The van der Waals surface area contributed by atoms with Gasteiger partial charge in [0.2, 0.25) is 0 Å². The van der Waals surface area contributed by atoms with Gasteiger partial charge < -0.3 is 9.64 Å². The molecule has 0 saturated carbocycles. The molecule has 6 nitrogen and oxygen atoms in total. The number of halogens is 1. The molecule has 0 spiro atoms. The number of carbonyl (C=O) groups is 1. The van der Waals surface area contributed by atoms with Crippen molar-refractivity contribution < 1.29 is 22.3 Å². The molecule has 1 fully saturated rings. The Bertz CT molecular complexity index is 800. The molecular weight excluding hydrogens is 311 g/mol. The van der Waals surface area contributed by atoms with Gasteiger partial charge in [-0.15, -0.1) is 0 Å². The zero-order valence-electron chi connectivity index (χ0n) is 11.7. The van der Waals surface area contributed by atoms with E-state index in [9.17, 15) is 22.9 Å². The SMILES string of the molecule is COc1cc(F)c2c(c1)C(C#N)N(C1CCS(=O)(=O)C1)C2=O. The van der Waals surface area contributed by atoms with E-state index >= 15 is 0 Å². The van der Waals surface area contributed by atoms with Crippen molar-refractivity contribution in [1.29, 1.82) is 5.26 Å². The van der Waals surface area contributed by atoms with Crippen molar-refractivity contribution in [3.63, 3.8) is 0 Å². The standard InChI is InChI=1S/C14H13FN2O4S/c1-21-9-4-10-12(6-16)17(8-2-3-22(19,20)7-8)14(18)13(10)11(15)5-9/h4-5,8,12H,2-3,7H2,1H3. The number of amides is 1. The second-order valence-corrected chi connectivity index (χ2v) is 7.60. The van der Waals surface area contributed by atoms with Crippen LogP contribution in [0.4, 0.5) is 4.39 Å². The van der Waals surface area contributed by atoms with E-state index in [-0.39, 0.29) is 34.8 Å². The second-order valence-electron chi connectivity index (χ2n) is 5.37. The number of nitriles is 1. The van der Waals surface area contributed by atoms with Gasteiger partial charge in [-0.2, -0.15) is 5.26 Å². The van der Waals surface area contributed by atoms with Crippen LogP contribution in [0.1, 0.15) is 28.4 Å². The Kier molecular flexibility index (Phi) is 3.33. The van der Waals surface area contributed by atoms with E-state index in [0.717, 1.165) is 6.07 Å². The van der Waals surface area contributed by atoms with Crippen LogP contribution >= 0.6 is 0 Å². The predicted molar refractivity (Wildman–Crippen MR) is 74.5 cm³/mol. The van der Waals surface area contributed by atoms with Gasteiger partial charge in [0.15, 0.2) is 9.84 Å². The van der Waals surface area contributed by atoms with Crippen LogP contribution in [-0.2, 0) is 9.84 Å². The molecule has 0 radical (unpaired) electrons. The van der Waals surface area contributed by atoms with Gasteiger partial charge in [-0.05, 0) is 12.5 Å². The highest BCUT2D eigenvalue weighted by Crippen LogP contribution is 2.40. The molecule has 1 aromatic rings. The molecule has 8 heteroatoms. The summed E-state index contributed by atoms with van der Waals surface area (Å²) in [6.07, 6.45) is 0.263. The van der Waals surface area contributed by atoms with Crippen LogP contribution in [-0.4, -0.2) is 43.9 Å². The molecule has 22 heavy (non-hydrogen) atoms. The Morgan fingerprint density at radius 2 is 2.18 bits per heavy atom. The van der Waals surface area contributed by atoms with Gasteiger partial charge in [0.1, 0.15) is 17.6 Å². The lowest BCUT2D eigenvalue weighted by molar-refractivity contribution is 0.0691. The number of methoxy groups -OCH3 is 1. The number of hydrogen-bond acceptors (Lipinski definition) is 5. The van der Waals surface area contributed by atoms with Crippen molar-refractivity contribution in [3.8, 4) is 11.8 Å². The molecule has 116 valence electrons. The summed E-state index contributed by atoms with van der Waals surface area (Å²) in [4.78, 5) is 13.7. The van der Waals surface area contributed by atoms with E-state index in [0.29, 0.717) is 0 Å². The van der Waals surface area contributed by atoms with Crippen molar-refractivity contribution in [2.45, 2.75) is 18.5 Å². The quantitative estimate of drug-likeness (QED) is 0.811. The first-order valence-electron chi connectivity index (χ1n) is 6.68. The fraction of sp³-hybridized carbons (Fsp3) is 0.429. The maximum atomic E-state index is 14.2. The van der Waals surface area contributed by atoms with Crippen LogP contribution in [0.5, 0.6) is 5.75 Å². The Balaban J connectivity index is 2.07. The molecule has 1 aromatic carbocycles. The van der Waals surface area contributed by atoms with E-state index in [1.807, 2.05) is 6.07 Å². The van der Waals surface area contributed by atoms with Crippen LogP contribution in [0, 0.1) is 17.1 Å². The summed E-state index contributed by atoms with van der Waals surface area (Å²) in [5, 5.41) is 9.39. The summed E-state index contributed by atoms with van der Waals surface area (Å²) < 4.78 is 42.4. The fourth-order valence-electron chi connectivity index (χ4n) is 3.06. The summed E-state index contributed by atoms with van der Waals surface area (Å²) in [6.45, 7) is 0. The smallest absolute Gasteiger partial charge is 0.258 e. The van der Waals surface area contributed by atoms with Crippen molar-refractivity contribution in [2.75, 3.05) is 18.6 Å². The average molecular weight is 324 g/mol. The van der Waals surface area contributed by atoms with Gasteiger partial charge in [0, 0.05) is 17.7 Å². The minimum Gasteiger partial charge on any atom is -0.497 e. The largest absolute Gasteiger partial charge is 0.497 e. The molecule has 0 aromatic heterocycles.